The zero-order valence-corrected chi connectivity index (χ0v) is 75.3. The van der Waals surface area contributed by atoms with Crippen molar-refractivity contribution in [1.29, 1.82) is 0 Å². The van der Waals surface area contributed by atoms with E-state index in [1.165, 1.54) is 58.9 Å². The van der Waals surface area contributed by atoms with Gasteiger partial charge in [-0.1, -0.05) is 67.6 Å². The van der Waals surface area contributed by atoms with E-state index in [1.807, 2.05) is 128 Å². The number of aromatic amines is 4. The molecular formula is C92H119Cl2N27O11. The normalized spacial score (nSPS) is 19.7. The molecule has 40 heteroatoms. The molecular weight excluding hydrogens is 1730 g/mol. The highest BCUT2D eigenvalue weighted by Crippen LogP contribution is 2.37. The molecule has 132 heavy (non-hydrogen) atoms. The van der Waals surface area contributed by atoms with E-state index in [0.717, 1.165) is 207 Å². The van der Waals surface area contributed by atoms with Crippen molar-refractivity contribution in [3.8, 4) is 6.01 Å². The average Bonchev–Trinajstić information content (AvgIpc) is 1.62. The molecule has 0 aliphatic heterocycles. The molecule has 5 saturated carbocycles. The van der Waals surface area contributed by atoms with Crippen LogP contribution < -0.4 is 54.3 Å². The maximum absolute atomic E-state index is 11.1. The van der Waals surface area contributed by atoms with Crippen LogP contribution in [0.4, 0.5) is 52.2 Å². The molecule has 10 heterocycles. The molecule has 0 atom stereocenters. The molecule has 38 nitrogen and oxygen atoms in total. The van der Waals surface area contributed by atoms with Crippen LogP contribution in [0.3, 0.4) is 0 Å². The second kappa shape index (κ2) is 49.9. The van der Waals surface area contributed by atoms with Crippen LogP contribution in [0.5, 0.6) is 6.01 Å². The minimum Gasteiger partial charge on any atom is -0.468 e. The third-order valence-electron chi connectivity index (χ3n) is 23.4. The number of methoxy groups -OCH3 is 5. The van der Waals surface area contributed by atoms with Gasteiger partial charge in [-0.3, -0.25) is 39.9 Å². The summed E-state index contributed by atoms with van der Waals surface area (Å²) in [5.41, 5.74) is 34.2. The number of nitrogens with zero attached hydrogens (tertiary/aromatic N) is 14. The Morgan fingerprint density at radius 3 is 1.17 bits per heavy atom. The molecule has 702 valence electrons. The Balaban J connectivity index is 0.000000151. The quantitative estimate of drug-likeness (QED) is 0.0137. The first kappa shape index (κ1) is 99.6. The maximum Gasteiger partial charge on any atom is 0.411 e. The fourth-order valence-corrected chi connectivity index (χ4v) is 16.7. The van der Waals surface area contributed by atoms with Crippen molar-refractivity contribution in [1.82, 2.24) is 74.3 Å². The molecule has 0 saturated heterocycles. The second-order valence-electron chi connectivity index (χ2n) is 32.3. The van der Waals surface area contributed by atoms with Crippen molar-refractivity contribution in [3.63, 3.8) is 0 Å². The van der Waals surface area contributed by atoms with E-state index < -0.39 is 16.0 Å². The highest BCUT2D eigenvalue weighted by Gasteiger charge is 2.32. The first-order valence-electron chi connectivity index (χ1n) is 43.8. The van der Waals surface area contributed by atoms with Crippen LogP contribution in [0.15, 0.2) is 189 Å². The fraction of sp³-hybridized carbons (Fsp3) is 0.413. The van der Waals surface area contributed by atoms with Crippen LogP contribution >= 0.6 is 23.2 Å². The van der Waals surface area contributed by atoms with Crippen molar-refractivity contribution in [2.45, 2.75) is 203 Å². The molecule has 17 N–H and O–H groups in total. The molecule has 10 aromatic heterocycles. The van der Waals surface area contributed by atoms with Crippen molar-refractivity contribution in [3.05, 3.63) is 235 Å². The zero-order chi connectivity index (χ0) is 92.6. The number of para-hydroxylation sites is 8. The van der Waals surface area contributed by atoms with Crippen LogP contribution in [-0.4, -0.2) is 179 Å². The number of benzene rings is 4. The lowest BCUT2D eigenvalue weighted by molar-refractivity contribution is -0.472. The van der Waals surface area contributed by atoms with Crippen LogP contribution in [0.1, 0.15) is 148 Å². The van der Waals surface area contributed by atoms with Gasteiger partial charge in [-0.2, -0.15) is 4.98 Å². The monoisotopic (exact) mass is 1850 g/mol. The number of aromatic nitrogens is 15. The number of ether oxygens (including phenoxy) is 5. The predicted molar refractivity (Wildman–Crippen MR) is 517 cm³/mol. The van der Waals surface area contributed by atoms with E-state index >= 15 is 0 Å². The summed E-state index contributed by atoms with van der Waals surface area (Å²) in [5, 5.41) is 49.7. The highest BCUT2D eigenvalue weighted by molar-refractivity contribution is 6.31. The van der Waals surface area contributed by atoms with Crippen LogP contribution in [0.25, 0.3) is 55.3 Å². The SMILES string of the molecule is C.COC(OC)(OC)OC.COc1nc2cccnc2n1C1CCC(Nc2nc3ccccc3[nH]2)CC1.Clc1nc2ccccc2[nH]1.NC1CCC(Cc2ncccc2[N+](=O)[O-])CC1.NC1CCC(N)CC1.Nc1cccnc1NC1CCC(Nc2nc3ccccc3[nH]2)CC1.O=[N+]([O-])c1cccnc1Cl.O=[N+]([O-])c1cccnc1NC1CCC(Nc2nc3ccccc3[nH]2)CC1. The van der Waals surface area contributed by atoms with Gasteiger partial charge in [0.05, 0.1) is 71.7 Å². The molecule has 19 rings (SSSR count). The Hall–Kier alpha value is -12.9. The van der Waals surface area contributed by atoms with Gasteiger partial charge in [0.15, 0.2) is 5.65 Å². The Bertz CT molecular complexity index is 5740. The summed E-state index contributed by atoms with van der Waals surface area (Å²) in [6, 6.07) is 52.5. The summed E-state index contributed by atoms with van der Waals surface area (Å²) < 4.78 is 26.6. The summed E-state index contributed by atoms with van der Waals surface area (Å²) in [4.78, 5) is 86.6. The van der Waals surface area contributed by atoms with E-state index in [0.29, 0.717) is 89.2 Å². The van der Waals surface area contributed by atoms with Crippen molar-refractivity contribution >= 4 is 131 Å². The number of imidazole rings is 5. The van der Waals surface area contributed by atoms with Crippen LogP contribution in [0, 0.1) is 36.3 Å². The number of fused-ring (bicyclic) bond motifs is 5. The van der Waals surface area contributed by atoms with Crippen molar-refractivity contribution in [2.75, 3.05) is 67.9 Å². The van der Waals surface area contributed by atoms with Gasteiger partial charge >= 0.3 is 17.5 Å². The van der Waals surface area contributed by atoms with Crippen LogP contribution in [0.2, 0.25) is 10.4 Å². The zero-order valence-electron chi connectivity index (χ0n) is 73.8. The number of nitrogens with one attached hydrogen (secondary N) is 9. The van der Waals surface area contributed by atoms with Crippen molar-refractivity contribution < 1.29 is 38.5 Å². The van der Waals surface area contributed by atoms with Gasteiger partial charge in [0.1, 0.15) is 17.0 Å². The summed E-state index contributed by atoms with van der Waals surface area (Å²) in [6.45, 7) is 0. The molecule has 4 aromatic carbocycles. The third-order valence-corrected chi connectivity index (χ3v) is 23.8. The van der Waals surface area contributed by atoms with Gasteiger partial charge in [-0.15, -0.1) is 0 Å². The lowest BCUT2D eigenvalue weighted by atomic mass is 9.83. The molecule has 14 aromatic rings. The van der Waals surface area contributed by atoms with Gasteiger partial charge < -0.3 is 93.1 Å². The van der Waals surface area contributed by atoms with Gasteiger partial charge in [-0.05, 0) is 243 Å². The number of nitrogen functional groups attached to an aromatic ring is 1. The van der Waals surface area contributed by atoms with Gasteiger partial charge in [0.2, 0.25) is 34.1 Å². The van der Waals surface area contributed by atoms with Gasteiger partial charge in [0, 0.05) is 132 Å². The molecule has 5 aliphatic carbocycles. The summed E-state index contributed by atoms with van der Waals surface area (Å²) in [7, 11) is 7.38. The molecule has 0 radical (unpaired) electrons. The van der Waals surface area contributed by atoms with Crippen molar-refractivity contribution in [2.24, 2.45) is 23.1 Å². The number of halogens is 2. The predicted octanol–water partition coefficient (Wildman–Crippen LogP) is 17.9. The van der Waals surface area contributed by atoms with E-state index in [-0.39, 0.29) is 40.6 Å². The minimum atomic E-state index is -1.33. The van der Waals surface area contributed by atoms with E-state index in [4.69, 9.17) is 69.8 Å². The van der Waals surface area contributed by atoms with Gasteiger partial charge in [-0.25, -0.2) is 39.9 Å². The lowest BCUT2D eigenvalue weighted by Gasteiger charge is -2.30. The summed E-state index contributed by atoms with van der Waals surface area (Å²) in [5.74, 6) is 4.15. The number of hydrogen-bond donors (Lipinski definition) is 13. The van der Waals surface area contributed by atoms with Gasteiger partial charge in [0.25, 0.3) is 11.7 Å². The molecule has 0 amide bonds. The average molecular weight is 1850 g/mol. The number of anilines is 6. The summed E-state index contributed by atoms with van der Waals surface area (Å²) >= 11 is 11.0. The standard InChI is InChI=1S/C20H22N6O.C18H20N6O2.C18H22N6.C12H17N3O2.C7H5ClN2.C6H14N2.C5H3ClN2O2.C5H12O4.CH4/c1-27-20-25-17-7-4-12-21-18(17)26(20)14-10-8-13(9-11-14)22-19-23-15-5-2-3-6-16(15)24-19;25-24(26)16-6-3-11-19-17(16)20-12-7-9-13(10-8-12)21-18-22-14-4-1-2-5-15(14)23-18;19-14-4-3-11-20-17(14)21-12-7-9-13(10-8-12)22-18-23-15-5-1-2-6-16(15)24-18;13-10-5-3-9(4-6-10)8-11-12(15(16)17)2-1-7-14-11;8-7-9-5-3-1-2-4-6(5)10-7;7-5-1-2-6(8)4-3-5;6-5-4(8(9)10)2-1-3-7-5;1-6-5(7-2,8-3)9-4;/h2-7,12-14H,8-11H2,1H3,(H2,22,23,24);1-6,11-13H,7-10H2,(H,19,20)(H2,21,22,23);1-6,11-13H,7-10,19H2,(H,20,21)(H2,22,23,24);1-2,7,9-10H,3-6,8,13H2;1-4H,(H,9,10);5-6H,1-4,7-8H2;1-3H;1-4H3;1H4. The Labute approximate surface area is 774 Å². The molecule has 5 fully saturated rings. The second-order valence-corrected chi connectivity index (χ2v) is 33.0. The Morgan fingerprint density at radius 2 is 0.758 bits per heavy atom. The summed E-state index contributed by atoms with van der Waals surface area (Å²) in [6.07, 6.45) is 28.6. The number of pyridine rings is 5. The van der Waals surface area contributed by atoms with E-state index in [1.54, 1.807) is 37.8 Å². The topological polar surface area (TPSA) is 537 Å². The number of rotatable bonds is 21. The number of hydrogen-bond acceptors (Lipinski definition) is 30. The first-order valence-corrected chi connectivity index (χ1v) is 44.6. The van der Waals surface area contributed by atoms with E-state index in [2.05, 4.69) is 101 Å². The number of nitro groups is 3. The molecule has 5 aliphatic rings. The molecule has 0 bridgehead atoms. The highest BCUT2D eigenvalue weighted by atomic mass is 35.5. The fourth-order valence-electron chi connectivity index (χ4n) is 16.3. The lowest BCUT2D eigenvalue weighted by Crippen LogP contribution is -2.37. The number of nitrogens with two attached hydrogens (primary N) is 4. The smallest absolute Gasteiger partial charge is 0.411 e. The first-order chi connectivity index (χ1) is 63.5. The van der Waals surface area contributed by atoms with E-state index in [9.17, 15) is 30.3 Å². The number of H-pyrrole nitrogens is 4. The largest absolute Gasteiger partial charge is 0.468 e. The minimum absolute atomic E-state index is 0. The molecule has 0 spiro atoms. The Kier molecular flexibility index (Phi) is 37.7. The van der Waals surface area contributed by atoms with Crippen LogP contribution in [-0.2, 0) is 25.4 Å². The Morgan fingerprint density at radius 1 is 0.402 bits per heavy atom. The third kappa shape index (κ3) is 28.8. The molecule has 0 unspecified atom stereocenters. The maximum atomic E-state index is 11.1.